The second-order valence-corrected chi connectivity index (χ2v) is 9.68. The van der Waals surface area contributed by atoms with Gasteiger partial charge in [0, 0.05) is 37.5 Å². The maximum Gasteiger partial charge on any atom is 0.191 e. The Bertz CT molecular complexity index is 698. The van der Waals surface area contributed by atoms with E-state index in [1.54, 1.807) is 0 Å². The molecule has 0 aliphatic carbocycles. The average Bonchev–Trinajstić information content (AvgIpc) is 2.66. The number of benzene rings is 1. The minimum atomic E-state index is -2.96. The van der Waals surface area contributed by atoms with Gasteiger partial charge in [0.15, 0.2) is 5.96 Å². The average molecular weight is 396 g/mol. The predicted octanol–water partition coefficient (Wildman–Crippen LogP) is 2.11. The standard InChI is InChI=1S/C20H33N3O3S/c1-4-21-19(23-17(2)10-15-27(3,24)25)22-16-20(11-13-26-14-12-20)18-8-6-5-7-9-18/h5-9,17H,4,10-16H2,1-3H3,(H2,21,22,23). The highest BCUT2D eigenvalue weighted by Crippen LogP contribution is 2.35. The minimum Gasteiger partial charge on any atom is -0.381 e. The van der Waals surface area contributed by atoms with E-state index in [-0.39, 0.29) is 17.2 Å². The number of hydrogen-bond donors (Lipinski definition) is 2. The normalized spacial score (nSPS) is 18.7. The van der Waals surface area contributed by atoms with E-state index >= 15 is 0 Å². The molecule has 1 aromatic rings. The van der Waals surface area contributed by atoms with Crippen LogP contribution in [0.3, 0.4) is 0 Å². The molecule has 27 heavy (non-hydrogen) atoms. The Morgan fingerprint density at radius 1 is 1.26 bits per heavy atom. The molecule has 1 aromatic carbocycles. The summed E-state index contributed by atoms with van der Waals surface area (Å²) in [7, 11) is -2.96. The van der Waals surface area contributed by atoms with Crippen LogP contribution >= 0.6 is 0 Å². The fraction of sp³-hybridized carbons (Fsp3) is 0.650. The van der Waals surface area contributed by atoms with Crippen LogP contribution in [0.15, 0.2) is 35.3 Å². The van der Waals surface area contributed by atoms with Crippen LogP contribution in [-0.2, 0) is 20.0 Å². The van der Waals surface area contributed by atoms with Crippen LogP contribution in [-0.4, -0.2) is 58.7 Å². The summed E-state index contributed by atoms with van der Waals surface area (Å²) in [6.45, 7) is 6.94. The Balaban J connectivity index is 2.10. The van der Waals surface area contributed by atoms with Crippen LogP contribution in [0.25, 0.3) is 0 Å². The molecule has 1 aliphatic rings. The van der Waals surface area contributed by atoms with Gasteiger partial charge in [0.25, 0.3) is 0 Å². The van der Waals surface area contributed by atoms with Crippen molar-refractivity contribution >= 4 is 15.8 Å². The van der Waals surface area contributed by atoms with E-state index in [1.807, 2.05) is 19.9 Å². The van der Waals surface area contributed by atoms with Gasteiger partial charge in [-0.1, -0.05) is 30.3 Å². The van der Waals surface area contributed by atoms with Gasteiger partial charge < -0.3 is 15.4 Å². The lowest BCUT2D eigenvalue weighted by molar-refractivity contribution is 0.0531. The predicted molar refractivity (Wildman–Crippen MR) is 111 cm³/mol. The third kappa shape index (κ3) is 7.14. The first-order valence-corrected chi connectivity index (χ1v) is 11.8. The number of guanidine groups is 1. The van der Waals surface area contributed by atoms with Gasteiger partial charge in [-0.3, -0.25) is 4.99 Å². The number of aliphatic imine (C=N–C) groups is 1. The van der Waals surface area contributed by atoms with Gasteiger partial charge in [-0.05, 0) is 38.7 Å². The Labute approximate surface area is 163 Å². The zero-order valence-electron chi connectivity index (χ0n) is 16.7. The zero-order valence-corrected chi connectivity index (χ0v) is 17.5. The molecule has 2 N–H and O–H groups in total. The van der Waals surface area contributed by atoms with Gasteiger partial charge in [-0.25, -0.2) is 8.42 Å². The lowest BCUT2D eigenvalue weighted by atomic mass is 9.74. The third-order valence-corrected chi connectivity index (χ3v) is 6.00. The van der Waals surface area contributed by atoms with E-state index in [2.05, 4.69) is 34.9 Å². The van der Waals surface area contributed by atoms with Crippen molar-refractivity contribution in [3.63, 3.8) is 0 Å². The maximum absolute atomic E-state index is 11.4. The number of hydrogen-bond acceptors (Lipinski definition) is 4. The van der Waals surface area contributed by atoms with E-state index in [1.165, 1.54) is 11.8 Å². The third-order valence-electron chi connectivity index (χ3n) is 5.02. The Hall–Kier alpha value is -1.60. The molecule has 1 fully saturated rings. The molecule has 0 bridgehead atoms. The molecule has 0 spiro atoms. The smallest absolute Gasteiger partial charge is 0.191 e. The first kappa shape index (κ1) is 21.7. The molecule has 0 aromatic heterocycles. The molecule has 1 heterocycles. The van der Waals surface area contributed by atoms with Gasteiger partial charge in [0.05, 0.1) is 12.3 Å². The molecular weight excluding hydrogens is 362 g/mol. The number of rotatable bonds is 8. The molecule has 1 unspecified atom stereocenters. The number of nitrogens with one attached hydrogen (secondary N) is 2. The molecule has 1 aliphatic heterocycles. The fourth-order valence-corrected chi connectivity index (χ4v) is 4.12. The summed E-state index contributed by atoms with van der Waals surface area (Å²) in [5.41, 5.74) is 1.29. The van der Waals surface area contributed by atoms with E-state index in [0.29, 0.717) is 13.0 Å². The monoisotopic (exact) mass is 395 g/mol. The quantitative estimate of drug-likeness (QED) is 0.521. The second-order valence-electron chi connectivity index (χ2n) is 7.42. The van der Waals surface area contributed by atoms with Gasteiger partial charge in [0.1, 0.15) is 9.84 Å². The van der Waals surface area contributed by atoms with Crippen LogP contribution in [0.5, 0.6) is 0 Å². The molecule has 0 radical (unpaired) electrons. The lowest BCUT2D eigenvalue weighted by Gasteiger charge is -2.36. The summed E-state index contributed by atoms with van der Waals surface area (Å²) in [5, 5.41) is 6.62. The molecule has 6 nitrogen and oxygen atoms in total. The van der Waals surface area contributed by atoms with Crippen LogP contribution in [0.2, 0.25) is 0 Å². The highest BCUT2D eigenvalue weighted by Gasteiger charge is 2.34. The Kier molecular flexibility index (Phi) is 8.10. The van der Waals surface area contributed by atoms with Crippen molar-refractivity contribution < 1.29 is 13.2 Å². The van der Waals surface area contributed by atoms with Crippen LogP contribution in [0.4, 0.5) is 0 Å². The van der Waals surface area contributed by atoms with Gasteiger partial charge in [-0.15, -0.1) is 0 Å². The molecule has 0 saturated carbocycles. The largest absolute Gasteiger partial charge is 0.381 e. The molecule has 152 valence electrons. The first-order valence-electron chi connectivity index (χ1n) is 9.70. The van der Waals surface area contributed by atoms with Crippen LogP contribution in [0.1, 0.15) is 38.7 Å². The zero-order chi connectivity index (χ0) is 19.8. The van der Waals surface area contributed by atoms with Crippen molar-refractivity contribution in [1.82, 2.24) is 10.6 Å². The van der Waals surface area contributed by atoms with Crippen molar-refractivity contribution in [3.8, 4) is 0 Å². The minimum absolute atomic E-state index is 0.0160. The summed E-state index contributed by atoms with van der Waals surface area (Å²) >= 11 is 0. The van der Waals surface area contributed by atoms with Gasteiger partial charge in [0.2, 0.25) is 0 Å². The van der Waals surface area contributed by atoms with Crippen LogP contribution in [0, 0.1) is 0 Å². The van der Waals surface area contributed by atoms with E-state index in [4.69, 9.17) is 9.73 Å². The lowest BCUT2D eigenvalue weighted by Crippen LogP contribution is -2.44. The molecule has 2 rings (SSSR count). The van der Waals surface area contributed by atoms with Crippen molar-refractivity contribution in [2.45, 2.75) is 44.6 Å². The van der Waals surface area contributed by atoms with E-state index < -0.39 is 9.84 Å². The van der Waals surface area contributed by atoms with E-state index in [0.717, 1.165) is 38.6 Å². The summed E-state index contributed by atoms with van der Waals surface area (Å²) in [6, 6.07) is 10.6. The molecule has 1 saturated heterocycles. The number of sulfone groups is 1. The SMILES string of the molecule is CCNC(=NCC1(c2ccccc2)CCOCC1)NC(C)CCS(C)(=O)=O. The summed E-state index contributed by atoms with van der Waals surface area (Å²) in [5.74, 6) is 0.909. The summed E-state index contributed by atoms with van der Waals surface area (Å²) in [6.07, 6.45) is 3.72. The van der Waals surface area contributed by atoms with Gasteiger partial charge >= 0.3 is 0 Å². The van der Waals surface area contributed by atoms with Crippen molar-refractivity contribution in [3.05, 3.63) is 35.9 Å². The van der Waals surface area contributed by atoms with Crippen molar-refractivity contribution in [1.29, 1.82) is 0 Å². The fourth-order valence-electron chi connectivity index (χ4n) is 3.34. The highest BCUT2D eigenvalue weighted by molar-refractivity contribution is 7.90. The van der Waals surface area contributed by atoms with Crippen molar-refractivity contribution in [2.75, 3.05) is 38.3 Å². The van der Waals surface area contributed by atoms with Crippen molar-refractivity contribution in [2.24, 2.45) is 4.99 Å². The summed E-state index contributed by atoms with van der Waals surface area (Å²) < 4.78 is 28.4. The molecular formula is C20H33N3O3S. The van der Waals surface area contributed by atoms with Crippen LogP contribution < -0.4 is 10.6 Å². The van der Waals surface area contributed by atoms with Gasteiger partial charge in [-0.2, -0.15) is 0 Å². The maximum atomic E-state index is 11.4. The number of ether oxygens (including phenoxy) is 1. The van der Waals surface area contributed by atoms with E-state index in [9.17, 15) is 8.42 Å². The number of nitrogens with zero attached hydrogens (tertiary/aromatic N) is 1. The molecule has 1 atom stereocenters. The topological polar surface area (TPSA) is 79.8 Å². The highest BCUT2D eigenvalue weighted by atomic mass is 32.2. The Morgan fingerprint density at radius 2 is 1.93 bits per heavy atom. The Morgan fingerprint density at radius 3 is 2.52 bits per heavy atom. The molecule has 0 amide bonds. The first-order chi connectivity index (χ1) is 12.8. The second kappa shape index (κ2) is 10.1. The summed E-state index contributed by atoms with van der Waals surface area (Å²) in [4.78, 5) is 4.86. The molecule has 7 heteroatoms.